The molecule has 4 nitrogen and oxygen atoms in total. The maximum atomic E-state index is 13.9. The quantitative estimate of drug-likeness (QED) is 0.790. The van der Waals surface area contributed by atoms with Crippen molar-refractivity contribution in [3.05, 3.63) is 27.5 Å². The lowest BCUT2D eigenvalue weighted by Crippen LogP contribution is -2.33. The molecule has 1 heterocycles. The zero-order valence-corrected chi connectivity index (χ0v) is 12.5. The number of phenolic OH excluding ortho intramolecular Hbond substituents is 1. The monoisotopic (exact) mass is 331 g/mol. The smallest absolute Gasteiger partial charge is 0.410 e. The predicted molar refractivity (Wildman–Crippen MR) is 71.2 cm³/mol. The summed E-state index contributed by atoms with van der Waals surface area (Å²) < 4.78 is 19.4. The zero-order valence-electron chi connectivity index (χ0n) is 11.0. The van der Waals surface area contributed by atoms with Gasteiger partial charge in [-0.25, -0.2) is 9.18 Å². The summed E-state index contributed by atoms with van der Waals surface area (Å²) >= 11 is 3.08. The molecule has 1 aliphatic rings. The van der Waals surface area contributed by atoms with Crippen LogP contribution in [0.4, 0.5) is 9.18 Å². The third-order valence-electron chi connectivity index (χ3n) is 2.75. The molecular weight excluding hydrogens is 317 g/mol. The second kappa shape index (κ2) is 4.67. The Hall–Kier alpha value is -1.30. The van der Waals surface area contributed by atoms with E-state index in [2.05, 4.69) is 15.9 Å². The molecule has 1 aromatic rings. The van der Waals surface area contributed by atoms with E-state index in [4.69, 9.17) is 4.74 Å². The van der Waals surface area contributed by atoms with E-state index < -0.39 is 23.3 Å². The molecule has 0 atom stereocenters. The summed E-state index contributed by atoms with van der Waals surface area (Å²) in [6, 6.07) is 1.62. The molecule has 104 valence electrons. The molecule has 0 spiro atoms. The number of halogens is 2. The second-order valence-electron chi connectivity index (χ2n) is 5.50. The molecule has 1 aromatic carbocycles. The molecule has 0 aromatic heterocycles. The number of hydrogen-bond donors (Lipinski definition) is 1. The van der Waals surface area contributed by atoms with Crippen LogP contribution in [0.1, 0.15) is 31.9 Å². The fourth-order valence-electron chi connectivity index (χ4n) is 1.92. The van der Waals surface area contributed by atoms with Gasteiger partial charge in [-0.05, 0) is 48.3 Å². The van der Waals surface area contributed by atoms with Gasteiger partial charge in [-0.1, -0.05) is 0 Å². The standard InChI is InChI=1S/C13H15BrFNO3/c1-13(2,3)19-12(18)16-5-7-4-9(14)11(17)10(15)8(7)6-16/h4,17H,5-6H2,1-3H3. The Morgan fingerprint density at radius 1 is 1.47 bits per heavy atom. The van der Waals surface area contributed by atoms with Gasteiger partial charge >= 0.3 is 6.09 Å². The van der Waals surface area contributed by atoms with Crippen molar-refractivity contribution in [3.63, 3.8) is 0 Å². The minimum Gasteiger partial charge on any atom is -0.504 e. The summed E-state index contributed by atoms with van der Waals surface area (Å²) in [7, 11) is 0. The first-order valence-electron chi connectivity index (χ1n) is 5.85. The first-order chi connectivity index (χ1) is 8.69. The number of phenols is 1. The molecule has 0 bridgehead atoms. The van der Waals surface area contributed by atoms with Gasteiger partial charge in [0, 0.05) is 12.1 Å². The third kappa shape index (κ3) is 2.83. The number of ether oxygens (including phenoxy) is 1. The molecule has 0 saturated carbocycles. The van der Waals surface area contributed by atoms with Crippen molar-refractivity contribution < 1.29 is 19.0 Å². The van der Waals surface area contributed by atoms with Crippen LogP contribution in [-0.2, 0) is 17.8 Å². The number of amides is 1. The molecular formula is C13H15BrFNO3. The largest absolute Gasteiger partial charge is 0.504 e. The van der Waals surface area contributed by atoms with E-state index in [1.807, 2.05) is 0 Å². The Bertz CT molecular complexity index is 540. The van der Waals surface area contributed by atoms with E-state index in [1.165, 1.54) is 4.90 Å². The van der Waals surface area contributed by atoms with Crippen LogP contribution in [0.5, 0.6) is 5.75 Å². The summed E-state index contributed by atoms with van der Waals surface area (Å²) in [5.41, 5.74) is 0.423. The van der Waals surface area contributed by atoms with E-state index in [-0.39, 0.29) is 17.6 Å². The van der Waals surface area contributed by atoms with Crippen LogP contribution in [0.15, 0.2) is 10.5 Å². The number of carbonyl (C=O) groups excluding carboxylic acids is 1. The highest BCUT2D eigenvalue weighted by atomic mass is 79.9. The van der Waals surface area contributed by atoms with Crippen molar-refractivity contribution in [1.82, 2.24) is 4.90 Å². The van der Waals surface area contributed by atoms with Crippen LogP contribution in [0.3, 0.4) is 0 Å². The van der Waals surface area contributed by atoms with Crippen LogP contribution >= 0.6 is 15.9 Å². The summed E-state index contributed by atoms with van der Waals surface area (Å²) in [5.74, 6) is -1.11. The van der Waals surface area contributed by atoms with Gasteiger partial charge < -0.3 is 9.84 Å². The molecule has 19 heavy (non-hydrogen) atoms. The van der Waals surface area contributed by atoms with Gasteiger partial charge in [-0.15, -0.1) is 0 Å². The maximum Gasteiger partial charge on any atom is 0.410 e. The lowest BCUT2D eigenvalue weighted by atomic mass is 10.1. The minimum atomic E-state index is -0.685. The molecule has 1 amide bonds. The first kappa shape index (κ1) is 14.1. The van der Waals surface area contributed by atoms with Crippen LogP contribution < -0.4 is 0 Å². The van der Waals surface area contributed by atoms with Crippen LogP contribution in [0.2, 0.25) is 0 Å². The van der Waals surface area contributed by atoms with Crippen molar-refractivity contribution in [1.29, 1.82) is 0 Å². The fourth-order valence-corrected chi connectivity index (χ4v) is 2.37. The van der Waals surface area contributed by atoms with Crippen molar-refractivity contribution in [2.75, 3.05) is 0 Å². The Morgan fingerprint density at radius 3 is 2.68 bits per heavy atom. The molecule has 0 saturated heterocycles. The van der Waals surface area contributed by atoms with Gasteiger partial charge in [0.2, 0.25) is 0 Å². The number of aromatic hydroxyl groups is 1. The predicted octanol–water partition coefficient (Wildman–Crippen LogP) is 3.54. The molecule has 1 aliphatic heterocycles. The van der Waals surface area contributed by atoms with E-state index in [0.717, 1.165) is 0 Å². The van der Waals surface area contributed by atoms with Crippen LogP contribution in [0.25, 0.3) is 0 Å². The Labute approximate surface area is 119 Å². The number of benzene rings is 1. The number of nitrogens with zero attached hydrogens (tertiary/aromatic N) is 1. The number of carbonyl (C=O) groups is 1. The topological polar surface area (TPSA) is 49.8 Å². The summed E-state index contributed by atoms with van der Waals surface area (Å²) in [6.45, 7) is 5.71. The number of hydrogen-bond acceptors (Lipinski definition) is 3. The maximum absolute atomic E-state index is 13.9. The average Bonchev–Trinajstić information content (AvgIpc) is 2.68. The van der Waals surface area contributed by atoms with Gasteiger partial charge in [-0.2, -0.15) is 0 Å². The number of rotatable bonds is 0. The highest BCUT2D eigenvalue weighted by Crippen LogP contribution is 2.36. The van der Waals surface area contributed by atoms with Crippen molar-refractivity contribution >= 4 is 22.0 Å². The molecule has 0 aliphatic carbocycles. The van der Waals surface area contributed by atoms with Gasteiger partial charge in [0.25, 0.3) is 0 Å². The highest BCUT2D eigenvalue weighted by molar-refractivity contribution is 9.10. The Morgan fingerprint density at radius 2 is 2.11 bits per heavy atom. The second-order valence-corrected chi connectivity index (χ2v) is 6.35. The van der Waals surface area contributed by atoms with Gasteiger partial charge in [0.05, 0.1) is 11.0 Å². The van der Waals surface area contributed by atoms with Crippen molar-refractivity contribution in [3.8, 4) is 5.75 Å². The molecule has 0 fully saturated rings. The van der Waals surface area contributed by atoms with E-state index >= 15 is 0 Å². The van der Waals surface area contributed by atoms with E-state index in [0.29, 0.717) is 11.1 Å². The molecule has 0 unspecified atom stereocenters. The summed E-state index contributed by atoms with van der Waals surface area (Å²) in [5, 5.41) is 9.53. The lowest BCUT2D eigenvalue weighted by Gasteiger charge is -2.24. The average molecular weight is 332 g/mol. The zero-order chi connectivity index (χ0) is 14.4. The minimum absolute atomic E-state index is 0.108. The molecule has 0 radical (unpaired) electrons. The first-order valence-corrected chi connectivity index (χ1v) is 6.65. The Kier molecular flexibility index (Phi) is 3.47. The van der Waals surface area contributed by atoms with Crippen LogP contribution in [-0.4, -0.2) is 21.7 Å². The molecule has 1 N–H and O–H groups in total. The normalized spacial score (nSPS) is 14.5. The Balaban J connectivity index is 2.21. The van der Waals surface area contributed by atoms with Crippen molar-refractivity contribution in [2.45, 2.75) is 39.5 Å². The number of fused-ring (bicyclic) bond motifs is 1. The summed E-state index contributed by atoms with van der Waals surface area (Å²) in [6.07, 6.45) is -0.487. The lowest BCUT2D eigenvalue weighted by molar-refractivity contribution is 0.0241. The SMILES string of the molecule is CC(C)(C)OC(=O)N1Cc2cc(Br)c(O)c(F)c2C1. The van der Waals surface area contributed by atoms with Gasteiger partial charge in [-0.3, -0.25) is 4.90 Å². The third-order valence-corrected chi connectivity index (χ3v) is 3.35. The van der Waals surface area contributed by atoms with Gasteiger partial charge in [0.15, 0.2) is 11.6 Å². The van der Waals surface area contributed by atoms with E-state index in [1.54, 1.807) is 26.8 Å². The van der Waals surface area contributed by atoms with E-state index in [9.17, 15) is 14.3 Å². The van der Waals surface area contributed by atoms with Crippen molar-refractivity contribution in [2.24, 2.45) is 0 Å². The molecule has 2 rings (SSSR count). The summed E-state index contributed by atoms with van der Waals surface area (Å²) in [4.78, 5) is 13.3. The molecule has 6 heteroatoms. The van der Waals surface area contributed by atoms with Crippen LogP contribution in [0, 0.1) is 5.82 Å². The van der Waals surface area contributed by atoms with Gasteiger partial charge in [0.1, 0.15) is 5.60 Å². The fraction of sp³-hybridized carbons (Fsp3) is 0.462. The highest BCUT2D eigenvalue weighted by Gasteiger charge is 2.31.